The van der Waals surface area contributed by atoms with Gasteiger partial charge in [0, 0.05) is 19.1 Å². The van der Waals surface area contributed by atoms with Gasteiger partial charge in [-0.05, 0) is 62.0 Å². The molecule has 1 unspecified atom stereocenters. The number of hydrogen-bond acceptors (Lipinski definition) is 2. The van der Waals surface area contributed by atoms with Gasteiger partial charge in [-0.25, -0.2) is 4.39 Å². The molecule has 0 amide bonds. The van der Waals surface area contributed by atoms with Crippen molar-refractivity contribution in [3.05, 3.63) is 35.1 Å². The normalized spacial score (nSPS) is 23.5. The van der Waals surface area contributed by atoms with Gasteiger partial charge in [0.15, 0.2) is 0 Å². The summed E-state index contributed by atoms with van der Waals surface area (Å²) < 4.78 is 13.2. The molecule has 1 heterocycles. The molecule has 3 heteroatoms. The van der Waals surface area contributed by atoms with Crippen molar-refractivity contribution >= 4 is 0 Å². The Hall–Kier alpha value is -0.930. The van der Waals surface area contributed by atoms with Crippen molar-refractivity contribution in [2.24, 2.45) is 0 Å². The number of nitrogens with one attached hydrogen (secondary N) is 1. The lowest BCUT2D eigenvalue weighted by Crippen LogP contribution is -2.36. The topological polar surface area (TPSA) is 15.3 Å². The van der Waals surface area contributed by atoms with Crippen LogP contribution in [-0.2, 0) is 6.42 Å². The highest BCUT2D eigenvalue weighted by Crippen LogP contribution is 2.31. The summed E-state index contributed by atoms with van der Waals surface area (Å²) in [6.45, 7) is 4.71. The molecule has 1 aliphatic carbocycles. The Bertz CT molecular complexity index is 427. The van der Waals surface area contributed by atoms with Gasteiger partial charge in [-0.3, -0.25) is 0 Å². The van der Waals surface area contributed by atoms with Crippen LogP contribution in [-0.4, -0.2) is 31.1 Å². The minimum atomic E-state index is -0.104. The first-order chi connectivity index (χ1) is 9.33. The number of benzene rings is 1. The molecule has 1 aliphatic heterocycles. The smallest absolute Gasteiger partial charge is 0.123 e. The van der Waals surface area contributed by atoms with Gasteiger partial charge in [0.05, 0.1) is 0 Å². The number of likely N-dealkylation sites (tertiary alicyclic amines) is 1. The summed E-state index contributed by atoms with van der Waals surface area (Å²) in [6.07, 6.45) is 6.22. The van der Waals surface area contributed by atoms with Gasteiger partial charge in [-0.15, -0.1) is 0 Å². The Balaban J connectivity index is 1.49. The number of rotatable bonds is 4. The fourth-order valence-corrected chi connectivity index (χ4v) is 3.38. The van der Waals surface area contributed by atoms with E-state index in [9.17, 15) is 4.39 Å². The molecule has 1 saturated heterocycles. The average molecular weight is 262 g/mol. The number of piperidine rings is 1. The molecule has 0 aromatic heterocycles. The molecule has 0 saturated carbocycles. The Morgan fingerprint density at radius 3 is 2.89 bits per heavy atom. The number of hydrogen-bond donors (Lipinski definition) is 1. The second-order valence-electron chi connectivity index (χ2n) is 5.79. The van der Waals surface area contributed by atoms with Crippen LogP contribution < -0.4 is 5.32 Å². The van der Waals surface area contributed by atoms with E-state index in [1.54, 1.807) is 12.1 Å². The van der Waals surface area contributed by atoms with Gasteiger partial charge in [0.1, 0.15) is 5.82 Å². The van der Waals surface area contributed by atoms with E-state index < -0.39 is 0 Å². The summed E-state index contributed by atoms with van der Waals surface area (Å²) >= 11 is 0. The maximum absolute atomic E-state index is 13.2. The first-order valence-electron chi connectivity index (χ1n) is 7.57. The molecule has 19 heavy (non-hydrogen) atoms. The van der Waals surface area contributed by atoms with Crippen LogP contribution in [0.1, 0.15) is 42.9 Å². The van der Waals surface area contributed by atoms with Crippen molar-refractivity contribution < 1.29 is 4.39 Å². The van der Waals surface area contributed by atoms with Crippen LogP contribution in [0.15, 0.2) is 18.2 Å². The fraction of sp³-hybridized carbons (Fsp3) is 0.625. The highest BCUT2D eigenvalue weighted by molar-refractivity contribution is 5.34. The minimum absolute atomic E-state index is 0.104. The molecule has 1 aromatic carbocycles. The number of halogens is 1. The highest BCUT2D eigenvalue weighted by atomic mass is 19.1. The molecule has 2 nitrogen and oxygen atoms in total. The van der Waals surface area contributed by atoms with E-state index in [-0.39, 0.29) is 5.82 Å². The summed E-state index contributed by atoms with van der Waals surface area (Å²) in [6, 6.07) is 5.67. The lowest BCUT2D eigenvalue weighted by atomic mass is 10.1. The number of fused-ring (bicyclic) bond motifs is 1. The first kappa shape index (κ1) is 13.1. The molecule has 1 fully saturated rings. The number of nitrogens with zero attached hydrogens (tertiary/aromatic N) is 1. The average Bonchev–Trinajstić information content (AvgIpc) is 2.82. The molecule has 0 spiro atoms. The molecule has 3 rings (SSSR count). The van der Waals surface area contributed by atoms with E-state index in [0.29, 0.717) is 6.04 Å². The molecule has 0 bridgehead atoms. The van der Waals surface area contributed by atoms with Gasteiger partial charge in [0.25, 0.3) is 0 Å². The summed E-state index contributed by atoms with van der Waals surface area (Å²) in [7, 11) is 0. The monoisotopic (exact) mass is 262 g/mol. The van der Waals surface area contributed by atoms with Crippen LogP contribution in [0.5, 0.6) is 0 Å². The third-order valence-corrected chi connectivity index (χ3v) is 4.45. The third kappa shape index (κ3) is 3.15. The fourth-order valence-electron chi connectivity index (χ4n) is 3.38. The van der Waals surface area contributed by atoms with E-state index in [1.807, 2.05) is 6.07 Å². The van der Waals surface area contributed by atoms with Crippen molar-refractivity contribution in [2.75, 3.05) is 26.2 Å². The van der Waals surface area contributed by atoms with Gasteiger partial charge in [-0.1, -0.05) is 12.5 Å². The maximum Gasteiger partial charge on any atom is 0.123 e. The lowest BCUT2D eigenvalue weighted by Gasteiger charge is -2.27. The Morgan fingerprint density at radius 1 is 1.21 bits per heavy atom. The Kier molecular flexibility index (Phi) is 4.14. The van der Waals surface area contributed by atoms with E-state index in [0.717, 1.165) is 25.9 Å². The number of aryl methyl sites for hydroxylation is 1. The molecular formula is C16H23FN2. The molecule has 1 atom stereocenters. The van der Waals surface area contributed by atoms with Gasteiger partial charge in [-0.2, -0.15) is 0 Å². The van der Waals surface area contributed by atoms with Crippen LogP contribution in [0.3, 0.4) is 0 Å². The maximum atomic E-state index is 13.2. The first-order valence-corrected chi connectivity index (χ1v) is 7.57. The zero-order valence-corrected chi connectivity index (χ0v) is 11.5. The molecule has 2 aliphatic rings. The zero-order valence-electron chi connectivity index (χ0n) is 11.5. The van der Waals surface area contributed by atoms with Crippen LogP contribution in [0, 0.1) is 5.82 Å². The van der Waals surface area contributed by atoms with E-state index in [1.165, 1.54) is 43.5 Å². The van der Waals surface area contributed by atoms with Crippen molar-refractivity contribution in [1.29, 1.82) is 0 Å². The molecule has 1 N–H and O–H groups in total. The predicted octanol–water partition coefficient (Wildman–Crippen LogP) is 2.89. The van der Waals surface area contributed by atoms with Crippen molar-refractivity contribution in [3.63, 3.8) is 0 Å². The summed E-state index contributed by atoms with van der Waals surface area (Å²) in [5.41, 5.74) is 2.50. The summed E-state index contributed by atoms with van der Waals surface area (Å²) in [5.74, 6) is -0.104. The van der Waals surface area contributed by atoms with Crippen LogP contribution >= 0.6 is 0 Å². The second kappa shape index (κ2) is 6.02. The van der Waals surface area contributed by atoms with Crippen LogP contribution in [0.4, 0.5) is 4.39 Å². The molecule has 0 radical (unpaired) electrons. The quantitative estimate of drug-likeness (QED) is 0.897. The highest BCUT2D eigenvalue weighted by Gasteiger charge is 2.22. The Morgan fingerprint density at radius 2 is 2.05 bits per heavy atom. The van der Waals surface area contributed by atoms with Crippen LogP contribution in [0.25, 0.3) is 0 Å². The molecular weight excluding hydrogens is 239 g/mol. The van der Waals surface area contributed by atoms with E-state index in [2.05, 4.69) is 10.2 Å². The second-order valence-corrected chi connectivity index (χ2v) is 5.79. The summed E-state index contributed by atoms with van der Waals surface area (Å²) in [5, 5.41) is 3.64. The minimum Gasteiger partial charge on any atom is -0.309 e. The van der Waals surface area contributed by atoms with Gasteiger partial charge in [0.2, 0.25) is 0 Å². The predicted molar refractivity (Wildman–Crippen MR) is 75.8 cm³/mol. The SMILES string of the molecule is Fc1ccc2c(c1)CCC2NCCN1CCCCC1. The van der Waals surface area contributed by atoms with Crippen LogP contribution in [0.2, 0.25) is 0 Å². The van der Waals surface area contributed by atoms with Gasteiger partial charge >= 0.3 is 0 Å². The molecule has 104 valence electrons. The van der Waals surface area contributed by atoms with Gasteiger partial charge < -0.3 is 10.2 Å². The standard InChI is InChI=1S/C16H23FN2/c17-14-5-6-15-13(12-14)4-7-16(15)18-8-11-19-9-2-1-3-10-19/h5-6,12,16,18H,1-4,7-11H2. The molecule has 1 aromatic rings. The third-order valence-electron chi connectivity index (χ3n) is 4.45. The van der Waals surface area contributed by atoms with E-state index >= 15 is 0 Å². The largest absolute Gasteiger partial charge is 0.309 e. The van der Waals surface area contributed by atoms with Crippen molar-refractivity contribution in [1.82, 2.24) is 10.2 Å². The lowest BCUT2D eigenvalue weighted by molar-refractivity contribution is 0.226. The van der Waals surface area contributed by atoms with Crippen molar-refractivity contribution in [2.45, 2.75) is 38.1 Å². The summed E-state index contributed by atoms with van der Waals surface area (Å²) in [4.78, 5) is 2.55. The van der Waals surface area contributed by atoms with Crippen molar-refractivity contribution in [3.8, 4) is 0 Å². The van der Waals surface area contributed by atoms with E-state index in [4.69, 9.17) is 0 Å². The zero-order chi connectivity index (χ0) is 13.1. The Labute approximate surface area is 115 Å².